The first kappa shape index (κ1) is 17.3. The van der Waals surface area contributed by atoms with Gasteiger partial charge in [-0.05, 0) is 38.0 Å². The van der Waals surface area contributed by atoms with E-state index in [1.165, 1.54) is 4.90 Å². The van der Waals surface area contributed by atoms with Crippen LogP contribution < -0.4 is 10.2 Å². The van der Waals surface area contributed by atoms with E-state index in [0.29, 0.717) is 32.5 Å². The second-order valence-electron chi connectivity index (χ2n) is 7.03. The third-order valence-electron chi connectivity index (χ3n) is 5.34. The SMILES string of the molecule is CC1CN(C(=O)O)CCN1c1ccc(C2(C)CCC(=O)NC2=O)cc1. The number of piperidine rings is 1. The molecule has 2 saturated heterocycles. The number of rotatable bonds is 2. The van der Waals surface area contributed by atoms with E-state index in [-0.39, 0.29) is 17.9 Å². The lowest BCUT2D eigenvalue weighted by Crippen LogP contribution is -2.53. The molecular weight excluding hydrogens is 322 g/mol. The number of carbonyl (C=O) groups excluding carboxylic acids is 2. The van der Waals surface area contributed by atoms with Crippen LogP contribution in [0.5, 0.6) is 0 Å². The van der Waals surface area contributed by atoms with Crippen molar-refractivity contribution >= 4 is 23.6 Å². The molecule has 2 unspecified atom stereocenters. The summed E-state index contributed by atoms with van der Waals surface area (Å²) in [5.41, 5.74) is 1.20. The van der Waals surface area contributed by atoms with Crippen LogP contribution in [0.1, 0.15) is 32.3 Å². The summed E-state index contributed by atoms with van der Waals surface area (Å²) in [6, 6.07) is 7.89. The summed E-state index contributed by atoms with van der Waals surface area (Å²) < 4.78 is 0. The van der Waals surface area contributed by atoms with E-state index in [1.54, 1.807) is 0 Å². The average Bonchev–Trinajstić information content (AvgIpc) is 2.58. The fourth-order valence-corrected chi connectivity index (χ4v) is 3.62. The molecule has 0 aromatic heterocycles. The number of hydrogen-bond donors (Lipinski definition) is 2. The lowest BCUT2D eigenvalue weighted by Gasteiger charge is -2.40. The van der Waals surface area contributed by atoms with Gasteiger partial charge in [0.05, 0.1) is 5.41 Å². The lowest BCUT2D eigenvalue weighted by molar-refractivity contribution is -0.137. The number of nitrogens with one attached hydrogen (secondary N) is 1. The van der Waals surface area contributed by atoms with Gasteiger partial charge in [0.25, 0.3) is 0 Å². The molecule has 0 saturated carbocycles. The smallest absolute Gasteiger partial charge is 0.407 e. The van der Waals surface area contributed by atoms with E-state index in [1.807, 2.05) is 38.1 Å². The van der Waals surface area contributed by atoms with Crippen molar-refractivity contribution in [1.82, 2.24) is 10.2 Å². The Morgan fingerprint density at radius 1 is 1.24 bits per heavy atom. The molecule has 1 aromatic carbocycles. The van der Waals surface area contributed by atoms with Crippen molar-refractivity contribution < 1.29 is 19.5 Å². The van der Waals surface area contributed by atoms with Gasteiger partial charge >= 0.3 is 6.09 Å². The van der Waals surface area contributed by atoms with Crippen molar-refractivity contribution in [3.63, 3.8) is 0 Å². The summed E-state index contributed by atoms with van der Waals surface area (Å²) in [5, 5.41) is 11.5. The van der Waals surface area contributed by atoms with Gasteiger partial charge in [0.2, 0.25) is 11.8 Å². The second-order valence-corrected chi connectivity index (χ2v) is 7.03. The molecule has 0 radical (unpaired) electrons. The number of imide groups is 1. The van der Waals surface area contributed by atoms with Gasteiger partial charge in [0.15, 0.2) is 0 Å². The molecule has 3 amide bonds. The molecular formula is C18H23N3O4. The minimum atomic E-state index is -0.882. The van der Waals surface area contributed by atoms with Gasteiger partial charge < -0.3 is 14.9 Å². The fraction of sp³-hybridized carbons (Fsp3) is 0.500. The first-order valence-electron chi connectivity index (χ1n) is 8.50. The highest BCUT2D eigenvalue weighted by Gasteiger charge is 2.40. The Morgan fingerprint density at radius 3 is 2.48 bits per heavy atom. The molecule has 2 fully saturated rings. The van der Waals surface area contributed by atoms with Gasteiger partial charge in [-0.1, -0.05) is 12.1 Å². The summed E-state index contributed by atoms with van der Waals surface area (Å²) in [4.78, 5) is 38.3. The molecule has 134 valence electrons. The number of amides is 3. The van der Waals surface area contributed by atoms with Gasteiger partial charge in [0, 0.05) is 37.8 Å². The van der Waals surface area contributed by atoms with Crippen LogP contribution in [0.15, 0.2) is 24.3 Å². The van der Waals surface area contributed by atoms with Gasteiger partial charge in [-0.2, -0.15) is 0 Å². The molecule has 2 heterocycles. The van der Waals surface area contributed by atoms with Crippen LogP contribution in [0.2, 0.25) is 0 Å². The molecule has 2 N–H and O–H groups in total. The number of piperazine rings is 1. The number of carbonyl (C=O) groups is 3. The van der Waals surface area contributed by atoms with Crippen LogP contribution >= 0.6 is 0 Å². The number of hydrogen-bond acceptors (Lipinski definition) is 4. The summed E-state index contributed by atoms with van der Waals surface area (Å²) in [6.07, 6.45) is -0.0317. The Hall–Kier alpha value is -2.57. The van der Waals surface area contributed by atoms with Crippen molar-refractivity contribution in [2.45, 2.75) is 38.1 Å². The Morgan fingerprint density at radius 2 is 1.92 bits per heavy atom. The summed E-state index contributed by atoms with van der Waals surface area (Å²) in [7, 11) is 0. The molecule has 3 rings (SSSR count). The summed E-state index contributed by atoms with van der Waals surface area (Å²) >= 11 is 0. The van der Waals surface area contributed by atoms with E-state index in [0.717, 1.165) is 11.3 Å². The standard InChI is InChI=1S/C18H23N3O4/c1-12-11-20(17(24)25)9-10-21(12)14-5-3-13(4-6-14)18(2)8-7-15(22)19-16(18)23/h3-6,12H,7-11H2,1-2H3,(H,24,25)(H,19,22,23). The van der Waals surface area contributed by atoms with Crippen LogP contribution in [0.25, 0.3) is 0 Å². The minimum absolute atomic E-state index is 0.0851. The van der Waals surface area contributed by atoms with Crippen LogP contribution in [0.3, 0.4) is 0 Å². The molecule has 0 spiro atoms. The third-order valence-corrected chi connectivity index (χ3v) is 5.34. The minimum Gasteiger partial charge on any atom is -0.465 e. The van der Waals surface area contributed by atoms with E-state index < -0.39 is 11.5 Å². The lowest BCUT2D eigenvalue weighted by atomic mass is 9.75. The van der Waals surface area contributed by atoms with Gasteiger partial charge in [0.1, 0.15) is 0 Å². The summed E-state index contributed by atoms with van der Waals surface area (Å²) in [5.74, 6) is -0.468. The maximum Gasteiger partial charge on any atom is 0.407 e. The zero-order valence-corrected chi connectivity index (χ0v) is 14.5. The highest BCUT2D eigenvalue weighted by atomic mass is 16.4. The number of carboxylic acid groups (broad SMARTS) is 1. The molecule has 2 aliphatic rings. The van der Waals surface area contributed by atoms with E-state index in [9.17, 15) is 14.4 Å². The third kappa shape index (κ3) is 3.18. The van der Waals surface area contributed by atoms with E-state index in [4.69, 9.17) is 5.11 Å². The van der Waals surface area contributed by atoms with Crippen LogP contribution in [-0.4, -0.2) is 53.6 Å². The second kappa shape index (κ2) is 6.38. The molecule has 0 aliphatic carbocycles. The zero-order chi connectivity index (χ0) is 18.2. The molecule has 0 bridgehead atoms. The topological polar surface area (TPSA) is 90.0 Å². The maximum atomic E-state index is 12.3. The predicted octanol–water partition coefficient (Wildman–Crippen LogP) is 1.57. The van der Waals surface area contributed by atoms with Crippen LogP contribution in [0, 0.1) is 0 Å². The van der Waals surface area contributed by atoms with Crippen molar-refractivity contribution in [3.05, 3.63) is 29.8 Å². The molecule has 2 atom stereocenters. The molecule has 25 heavy (non-hydrogen) atoms. The average molecular weight is 345 g/mol. The number of anilines is 1. The molecule has 7 nitrogen and oxygen atoms in total. The molecule has 1 aromatic rings. The fourth-order valence-electron chi connectivity index (χ4n) is 3.62. The largest absolute Gasteiger partial charge is 0.465 e. The van der Waals surface area contributed by atoms with Crippen LogP contribution in [-0.2, 0) is 15.0 Å². The van der Waals surface area contributed by atoms with Crippen LogP contribution in [0.4, 0.5) is 10.5 Å². The maximum absolute atomic E-state index is 12.3. The van der Waals surface area contributed by atoms with Crippen molar-refractivity contribution in [3.8, 4) is 0 Å². The predicted molar refractivity (Wildman–Crippen MR) is 92.6 cm³/mol. The molecule has 2 aliphatic heterocycles. The number of nitrogens with zero attached hydrogens (tertiary/aromatic N) is 2. The number of benzene rings is 1. The van der Waals surface area contributed by atoms with Crippen molar-refractivity contribution in [2.24, 2.45) is 0 Å². The first-order valence-corrected chi connectivity index (χ1v) is 8.50. The Kier molecular flexibility index (Phi) is 4.41. The van der Waals surface area contributed by atoms with Crippen molar-refractivity contribution in [1.29, 1.82) is 0 Å². The normalized spacial score (nSPS) is 27.2. The zero-order valence-electron chi connectivity index (χ0n) is 14.5. The van der Waals surface area contributed by atoms with Gasteiger partial charge in [-0.3, -0.25) is 14.9 Å². The Balaban J connectivity index is 1.76. The quantitative estimate of drug-likeness (QED) is 0.794. The van der Waals surface area contributed by atoms with E-state index >= 15 is 0 Å². The van der Waals surface area contributed by atoms with Gasteiger partial charge in [-0.25, -0.2) is 4.79 Å². The molecule has 7 heteroatoms. The summed E-state index contributed by atoms with van der Waals surface area (Å²) in [6.45, 7) is 5.45. The Bertz CT molecular complexity index is 703. The monoisotopic (exact) mass is 345 g/mol. The van der Waals surface area contributed by atoms with Crippen molar-refractivity contribution in [2.75, 3.05) is 24.5 Å². The highest BCUT2D eigenvalue weighted by molar-refractivity contribution is 6.03. The first-order chi connectivity index (χ1) is 11.8. The highest BCUT2D eigenvalue weighted by Crippen LogP contribution is 2.33. The van der Waals surface area contributed by atoms with E-state index in [2.05, 4.69) is 10.2 Å². The van der Waals surface area contributed by atoms with Gasteiger partial charge in [-0.15, -0.1) is 0 Å². The Labute approximate surface area is 146 Å².